The van der Waals surface area contributed by atoms with Gasteiger partial charge in [-0.3, -0.25) is 0 Å². The van der Waals surface area contributed by atoms with E-state index in [9.17, 15) is 4.79 Å². The van der Waals surface area contributed by atoms with Gasteiger partial charge in [0.15, 0.2) is 0 Å². The highest BCUT2D eigenvalue weighted by Gasteiger charge is 2.21. The summed E-state index contributed by atoms with van der Waals surface area (Å²) in [5.74, 6) is -0.225. The monoisotopic (exact) mass is 241 g/mol. The van der Waals surface area contributed by atoms with Crippen LogP contribution in [0.2, 0.25) is 0 Å². The predicted molar refractivity (Wildman–Crippen MR) is 68.9 cm³/mol. The van der Waals surface area contributed by atoms with E-state index >= 15 is 0 Å². The third-order valence-electron chi connectivity index (χ3n) is 2.58. The third-order valence-corrected chi connectivity index (χ3v) is 3.17. The quantitative estimate of drug-likeness (QED) is 0.589. The van der Waals surface area contributed by atoms with E-state index in [4.69, 9.17) is 4.74 Å². The van der Waals surface area contributed by atoms with Crippen LogP contribution in [-0.2, 0) is 17.6 Å². The van der Waals surface area contributed by atoms with Crippen molar-refractivity contribution in [3.63, 3.8) is 0 Å². The van der Waals surface area contributed by atoms with E-state index in [1.165, 1.54) is 17.7 Å². The van der Waals surface area contributed by atoms with E-state index in [0.717, 1.165) is 12.8 Å². The molecule has 1 aromatic heterocycles. The van der Waals surface area contributed by atoms with Crippen molar-refractivity contribution >= 4 is 15.4 Å². The fraction of sp³-hybridized carbons (Fsp3) is 0.583. The first-order valence-electron chi connectivity index (χ1n) is 5.89. The number of hydrogen-bond donors (Lipinski definition) is 0. The van der Waals surface area contributed by atoms with E-state index in [0.29, 0.717) is 12.3 Å². The standard InChI is InChI=1S/C10H14NO2P.C2H6/c1-2-13-10(12)9-6-7-4-3-5-8(7)11(9)14;1-2/h6H,2-5,14H2,1H3;1-2H3. The van der Waals surface area contributed by atoms with Crippen LogP contribution in [0.4, 0.5) is 0 Å². The van der Waals surface area contributed by atoms with Gasteiger partial charge in [-0.1, -0.05) is 13.8 Å². The second kappa shape index (κ2) is 6.05. The van der Waals surface area contributed by atoms with Gasteiger partial charge < -0.3 is 9.07 Å². The van der Waals surface area contributed by atoms with Gasteiger partial charge in [0.2, 0.25) is 0 Å². The molecule has 1 atom stereocenters. The molecule has 1 aliphatic rings. The molecular weight excluding hydrogens is 221 g/mol. The summed E-state index contributed by atoms with van der Waals surface area (Å²) in [6.07, 6.45) is 3.35. The lowest BCUT2D eigenvalue weighted by atomic mass is 10.2. The molecule has 0 saturated carbocycles. The normalized spacial score (nSPS) is 12.8. The molecule has 4 heteroatoms. The maximum atomic E-state index is 11.5. The summed E-state index contributed by atoms with van der Waals surface area (Å²) in [4.78, 5) is 11.5. The van der Waals surface area contributed by atoms with E-state index in [2.05, 4.69) is 9.39 Å². The minimum absolute atomic E-state index is 0.225. The van der Waals surface area contributed by atoms with Crippen molar-refractivity contribution in [3.05, 3.63) is 23.0 Å². The van der Waals surface area contributed by atoms with Crippen LogP contribution in [0, 0.1) is 0 Å². The van der Waals surface area contributed by atoms with Gasteiger partial charge in [-0.25, -0.2) is 4.79 Å². The Morgan fingerprint density at radius 2 is 2.19 bits per heavy atom. The smallest absolute Gasteiger partial charge is 0.355 e. The summed E-state index contributed by atoms with van der Waals surface area (Å²) in [5.41, 5.74) is 3.21. The Labute approximate surface area is 99.4 Å². The Hall–Kier alpha value is -0.820. The first kappa shape index (κ1) is 13.2. The highest BCUT2D eigenvalue weighted by molar-refractivity contribution is 7.14. The van der Waals surface area contributed by atoms with Crippen LogP contribution in [0.25, 0.3) is 0 Å². The Kier molecular flexibility index (Phi) is 5.01. The van der Waals surface area contributed by atoms with Crippen molar-refractivity contribution < 1.29 is 9.53 Å². The second-order valence-electron chi connectivity index (χ2n) is 3.45. The molecule has 0 aliphatic heterocycles. The topological polar surface area (TPSA) is 31.2 Å². The van der Waals surface area contributed by atoms with Gasteiger partial charge in [0.05, 0.1) is 6.61 Å². The molecule has 0 spiro atoms. The Bertz CT molecular complexity index is 371. The van der Waals surface area contributed by atoms with Gasteiger partial charge in [0, 0.05) is 5.69 Å². The van der Waals surface area contributed by atoms with Crippen LogP contribution in [0.5, 0.6) is 0 Å². The molecule has 0 radical (unpaired) electrons. The van der Waals surface area contributed by atoms with E-state index in [-0.39, 0.29) is 5.97 Å². The molecule has 0 amide bonds. The van der Waals surface area contributed by atoms with Crippen LogP contribution in [0.3, 0.4) is 0 Å². The highest BCUT2D eigenvalue weighted by atomic mass is 31.0. The Balaban J connectivity index is 0.000000606. The number of carbonyl (C=O) groups excluding carboxylic acids is 1. The summed E-state index contributed by atoms with van der Waals surface area (Å²) in [6, 6.07) is 1.95. The molecule has 1 aromatic rings. The minimum Gasteiger partial charge on any atom is -0.461 e. The number of hydrogen-bond acceptors (Lipinski definition) is 2. The number of aromatic nitrogens is 1. The zero-order valence-corrected chi connectivity index (χ0v) is 11.4. The van der Waals surface area contributed by atoms with Gasteiger partial charge in [-0.2, -0.15) is 0 Å². The molecule has 0 aromatic carbocycles. The second-order valence-corrected chi connectivity index (χ2v) is 3.96. The van der Waals surface area contributed by atoms with Gasteiger partial charge in [-0.15, -0.1) is 0 Å². The lowest BCUT2D eigenvalue weighted by Crippen LogP contribution is -2.08. The SMILES string of the molecule is CC.CCOC(=O)c1cc2c(n1P)CCC2. The fourth-order valence-electron chi connectivity index (χ4n) is 1.92. The largest absolute Gasteiger partial charge is 0.461 e. The highest BCUT2D eigenvalue weighted by Crippen LogP contribution is 2.27. The molecule has 0 N–H and O–H groups in total. The molecule has 0 saturated heterocycles. The predicted octanol–water partition coefficient (Wildman–Crippen LogP) is 2.82. The molecule has 1 aliphatic carbocycles. The maximum absolute atomic E-state index is 11.5. The number of carbonyl (C=O) groups is 1. The average molecular weight is 241 g/mol. The summed E-state index contributed by atoms with van der Waals surface area (Å²) >= 11 is 0. The van der Waals surface area contributed by atoms with Crippen molar-refractivity contribution in [1.82, 2.24) is 4.34 Å². The van der Waals surface area contributed by atoms with Crippen molar-refractivity contribution in [1.29, 1.82) is 0 Å². The summed E-state index contributed by atoms with van der Waals surface area (Å²) in [5, 5.41) is 0. The van der Waals surface area contributed by atoms with Gasteiger partial charge in [-0.05, 0) is 47.2 Å². The minimum atomic E-state index is -0.225. The number of ether oxygens (including phenoxy) is 1. The molecule has 3 nitrogen and oxygen atoms in total. The maximum Gasteiger partial charge on any atom is 0.355 e. The number of fused-ring (bicyclic) bond motifs is 1. The number of rotatable bonds is 2. The lowest BCUT2D eigenvalue weighted by Gasteiger charge is -2.04. The zero-order valence-electron chi connectivity index (χ0n) is 10.2. The third kappa shape index (κ3) is 2.46. The van der Waals surface area contributed by atoms with E-state index in [1.807, 2.05) is 31.2 Å². The molecule has 1 heterocycles. The lowest BCUT2D eigenvalue weighted by molar-refractivity contribution is 0.0518. The van der Waals surface area contributed by atoms with Crippen LogP contribution in [0.1, 0.15) is 48.9 Å². The van der Waals surface area contributed by atoms with Crippen molar-refractivity contribution in [2.75, 3.05) is 6.61 Å². The van der Waals surface area contributed by atoms with Crippen LogP contribution >= 0.6 is 9.39 Å². The van der Waals surface area contributed by atoms with Crippen molar-refractivity contribution in [2.24, 2.45) is 0 Å². The van der Waals surface area contributed by atoms with E-state index in [1.54, 1.807) is 0 Å². The van der Waals surface area contributed by atoms with Gasteiger partial charge in [0.1, 0.15) is 5.69 Å². The molecule has 0 fully saturated rings. The molecule has 0 bridgehead atoms. The van der Waals surface area contributed by atoms with E-state index < -0.39 is 0 Å². The summed E-state index contributed by atoms with van der Waals surface area (Å²) in [7, 11) is 2.58. The summed E-state index contributed by atoms with van der Waals surface area (Å²) < 4.78 is 6.86. The molecular formula is C12H20NO2P. The summed E-state index contributed by atoms with van der Waals surface area (Å²) in [6.45, 7) is 6.25. The van der Waals surface area contributed by atoms with Crippen molar-refractivity contribution in [2.45, 2.75) is 40.0 Å². The van der Waals surface area contributed by atoms with Gasteiger partial charge >= 0.3 is 5.97 Å². The van der Waals surface area contributed by atoms with Crippen LogP contribution < -0.4 is 0 Å². The molecule has 16 heavy (non-hydrogen) atoms. The first-order chi connectivity index (χ1) is 7.74. The number of esters is 1. The van der Waals surface area contributed by atoms with Crippen molar-refractivity contribution in [3.8, 4) is 0 Å². The van der Waals surface area contributed by atoms with Crippen LogP contribution in [0.15, 0.2) is 6.07 Å². The number of aryl methyl sites for hydroxylation is 1. The number of nitrogens with zero attached hydrogens (tertiary/aromatic N) is 1. The Morgan fingerprint density at radius 1 is 1.50 bits per heavy atom. The van der Waals surface area contributed by atoms with Crippen LogP contribution in [-0.4, -0.2) is 16.9 Å². The fourth-order valence-corrected chi connectivity index (χ4v) is 2.40. The molecule has 2 rings (SSSR count). The Morgan fingerprint density at radius 3 is 2.75 bits per heavy atom. The average Bonchev–Trinajstić information content (AvgIpc) is 2.85. The molecule has 1 unspecified atom stereocenters. The first-order valence-corrected chi connectivity index (χ1v) is 6.41. The zero-order chi connectivity index (χ0) is 12.1. The molecule has 90 valence electrons. The van der Waals surface area contributed by atoms with Gasteiger partial charge in [0.25, 0.3) is 0 Å².